The normalized spacial score (nSPS) is 27.3. The molecule has 2 aromatic rings. The van der Waals surface area contributed by atoms with Crippen molar-refractivity contribution in [3.63, 3.8) is 0 Å². The fourth-order valence-corrected chi connectivity index (χ4v) is 6.10. The number of aromatic amines is 1. The molecule has 2 bridgehead atoms. The highest BCUT2D eigenvalue weighted by molar-refractivity contribution is 6.02. The monoisotopic (exact) mass is 513 g/mol. The number of nitrogens with zero attached hydrogens (tertiary/aromatic N) is 2. The van der Waals surface area contributed by atoms with E-state index in [0.717, 1.165) is 6.42 Å². The predicted octanol–water partition coefficient (Wildman–Crippen LogP) is 2.73. The van der Waals surface area contributed by atoms with Crippen LogP contribution in [-0.4, -0.2) is 65.3 Å². The van der Waals surface area contributed by atoms with Gasteiger partial charge in [-0.2, -0.15) is 5.26 Å². The fourth-order valence-electron chi connectivity index (χ4n) is 6.10. The number of fused-ring (bicyclic) bond motifs is 4. The van der Waals surface area contributed by atoms with Crippen LogP contribution in [0.15, 0.2) is 24.3 Å². The Bertz CT molecular complexity index is 1270. The number of nitrogens with one attached hydrogen (secondary N) is 3. The van der Waals surface area contributed by atoms with Crippen molar-refractivity contribution in [2.24, 2.45) is 11.8 Å². The number of nitriles is 1. The van der Waals surface area contributed by atoms with Crippen molar-refractivity contribution in [2.45, 2.75) is 62.6 Å². The number of carbonyl (C=O) groups excluding carboxylic acids is 3. The molecule has 3 N–H and O–H groups in total. The minimum Gasteiger partial charge on any atom is -0.496 e. The van der Waals surface area contributed by atoms with Crippen molar-refractivity contribution in [2.75, 3.05) is 13.7 Å². The maximum atomic E-state index is 15.0. The number of carbonyl (C=O) groups is 3. The summed E-state index contributed by atoms with van der Waals surface area (Å²) < 4.78 is 35.4. The number of H-pyrrole nitrogens is 1. The molecule has 0 spiro atoms. The van der Waals surface area contributed by atoms with Crippen molar-refractivity contribution in [3.05, 3.63) is 30.0 Å². The van der Waals surface area contributed by atoms with E-state index in [9.17, 15) is 28.4 Å². The van der Waals surface area contributed by atoms with Crippen LogP contribution >= 0.6 is 0 Å². The number of methoxy groups -OCH3 is 1. The number of hydrogen-bond donors (Lipinski definition) is 3. The number of hydrogen-bond acceptors (Lipinski definition) is 5. The van der Waals surface area contributed by atoms with Crippen LogP contribution in [0.25, 0.3) is 10.9 Å². The molecule has 9 nitrogen and oxygen atoms in total. The molecule has 196 valence electrons. The van der Waals surface area contributed by atoms with Crippen LogP contribution in [0, 0.1) is 23.2 Å². The first-order valence-electron chi connectivity index (χ1n) is 12.6. The van der Waals surface area contributed by atoms with E-state index < -0.39 is 54.1 Å². The molecule has 1 aromatic carbocycles. The van der Waals surface area contributed by atoms with Gasteiger partial charge in [-0.05, 0) is 50.3 Å². The smallest absolute Gasteiger partial charge is 0.271 e. The summed E-state index contributed by atoms with van der Waals surface area (Å²) >= 11 is 0. The van der Waals surface area contributed by atoms with Gasteiger partial charge < -0.3 is 25.3 Å². The SMILES string of the molecule is COc1cccc2[nH]c(C(=O)N3[C@H]4CC[C@@H]([C@@H]3C(=O)N[C@H](C#N)C[C@H]3CCCNC3=O)C(F)(F)C4)cc12. The van der Waals surface area contributed by atoms with E-state index >= 15 is 0 Å². The van der Waals surface area contributed by atoms with Crippen molar-refractivity contribution in [1.82, 2.24) is 20.5 Å². The molecule has 1 saturated carbocycles. The van der Waals surface area contributed by atoms with Crippen LogP contribution in [0.4, 0.5) is 8.78 Å². The second-order valence-corrected chi connectivity index (χ2v) is 10.1. The molecule has 3 amide bonds. The maximum Gasteiger partial charge on any atom is 0.271 e. The van der Waals surface area contributed by atoms with Gasteiger partial charge in [0.15, 0.2) is 0 Å². The number of piperidine rings is 3. The van der Waals surface area contributed by atoms with Gasteiger partial charge in [0, 0.05) is 35.8 Å². The number of rotatable bonds is 6. The zero-order valence-corrected chi connectivity index (χ0v) is 20.4. The van der Waals surface area contributed by atoms with Crippen LogP contribution in [0.3, 0.4) is 0 Å². The Hall–Kier alpha value is -3.68. The highest BCUT2D eigenvalue weighted by Gasteiger charge is 2.60. The molecular weight excluding hydrogens is 484 g/mol. The van der Waals surface area contributed by atoms with Gasteiger partial charge in [-0.1, -0.05) is 6.07 Å². The number of alkyl halides is 2. The minimum absolute atomic E-state index is 0.0844. The lowest BCUT2D eigenvalue weighted by Crippen LogP contribution is -2.68. The number of aromatic nitrogens is 1. The van der Waals surface area contributed by atoms with Crippen molar-refractivity contribution in [3.8, 4) is 11.8 Å². The number of ether oxygens (including phenoxy) is 1. The number of halogens is 2. The maximum absolute atomic E-state index is 15.0. The van der Waals surface area contributed by atoms with Crippen LogP contribution in [-0.2, 0) is 9.59 Å². The zero-order valence-electron chi connectivity index (χ0n) is 20.4. The summed E-state index contributed by atoms with van der Waals surface area (Å²) in [5.74, 6) is -5.90. The summed E-state index contributed by atoms with van der Waals surface area (Å²) in [6, 6.07) is 5.59. The molecule has 1 aliphatic carbocycles. The molecule has 3 aliphatic heterocycles. The summed E-state index contributed by atoms with van der Waals surface area (Å²) in [4.78, 5) is 43.6. The van der Waals surface area contributed by atoms with Gasteiger partial charge >= 0.3 is 0 Å². The van der Waals surface area contributed by atoms with Crippen LogP contribution in [0.2, 0.25) is 0 Å². The molecule has 37 heavy (non-hydrogen) atoms. The van der Waals surface area contributed by atoms with E-state index in [0.29, 0.717) is 36.0 Å². The van der Waals surface area contributed by atoms with Gasteiger partial charge in [-0.15, -0.1) is 0 Å². The lowest BCUT2D eigenvalue weighted by atomic mass is 9.71. The lowest BCUT2D eigenvalue weighted by Gasteiger charge is -2.53. The number of amides is 3. The van der Waals surface area contributed by atoms with E-state index in [1.807, 2.05) is 6.07 Å². The molecule has 11 heteroatoms. The number of benzene rings is 1. The van der Waals surface area contributed by atoms with E-state index in [1.54, 1.807) is 24.3 Å². The fraction of sp³-hybridized carbons (Fsp3) is 0.538. The Morgan fingerprint density at radius 2 is 2.14 bits per heavy atom. The third-order valence-electron chi connectivity index (χ3n) is 7.90. The molecule has 4 fully saturated rings. The Morgan fingerprint density at radius 1 is 1.32 bits per heavy atom. The first-order chi connectivity index (χ1) is 17.7. The van der Waals surface area contributed by atoms with Gasteiger partial charge in [-0.3, -0.25) is 14.4 Å². The van der Waals surface area contributed by atoms with Crippen molar-refractivity contribution in [1.29, 1.82) is 5.26 Å². The molecule has 1 aromatic heterocycles. The summed E-state index contributed by atoms with van der Waals surface area (Å²) in [6.45, 7) is 0.565. The molecule has 6 rings (SSSR count). The summed E-state index contributed by atoms with van der Waals surface area (Å²) in [7, 11) is 1.51. The first kappa shape index (κ1) is 25.0. The third-order valence-corrected chi connectivity index (χ3v) is 7.90. The van der Waals surface area contributed by atoms with Gasteiger partial charge in [0.25, 0.3) is 11.8 Å². The largest absolute Gasteiger partial charge is 0.496 e. The summed E-state index contributed by atoms with van der Waals surface area (Å²) in [5, 5.41) is 15.6. The van der Waals surface area contributed by atoms with E-state index in [2.05, 4.69) is 15.6 Å². The molecule has 4 heterocycles. The van der Waals surface area contributed by atoms with E-state index in [-0.39, 0.29) is 24.4 Å². The Balaban J connectivity index is 1.42. The summed E-state index contributed by atoms with van der Waals surface area (Å²) in [5.41, 5.74) is 0.815. The second-order valence-electron chi connectivity index (χ2n) is 10.1. The Kier molecular flexibility index (Phi) is 6.52. The Labute approximate surface area is 212 Å². The standard InChI is InChI=1S/C26H29F2N5O4/c1-37-21-6-2-5-19-17(21)11-20(32-19)25(36)33-16-7-8-18(26(27,28)12-16)22(33)24(35)31-15(13-29)10-14-4-3-9-30-23(14)34/h2,5-6,11,14-16,18,22,32H,3-4,7-10,12H2,1H3,(H,30,34)(H,31,35)/t14-,15+,16+,18+,22-/m1/s1. The quantitative estimate of drug-likeness (QED) is 0.547. The second kappa shape index (κ2) is 9.65. The van der Waals surface area contributed by atoms with Gasteiger partial charge in [0.05, 0.1) is 19.1 Å². The first-order valence-corrected chi connectivity index (χ1v) is 12.6. The lowest BCUT2D eigenvalue weighted by molar-refractivity contribution is -0.179. The van der Waals surface area contributed by atoms with Crippen molar-refractivity contribution < 1.29 is 27.9 Å². The van der Waals surface area contributed by atoms with Gasteiger partial charge in [0.1, 0.15) is 23.5 Å². The topological polar surface area (TPSA) is 127 Å². The van der Waals surface area contributed by atoms with Crippen LogP contribution in [0.5, 0.6) is 5.75 Å². The summed E-state index contributed by atoms with van der Waals surface area (Å²) in [6.07, 6.45) is 1.38. The van der Waals surface area contributed by atoms with Crippen LogP contribution < -0.4 is 15.4 Å². The predicted molar refractivity (Wildman–Crippen MR) is 129 cm³/mol. The highest BCUT2D eigenvalue weighted by Crippen LogP contribution is 2.49. The Morgan fingerprint density at radius 3 is 2.84 bits per heavy atom. The van der Waals surface area contributed by atoms with E-state index in [4.69, 9.17) is 4.74 Å². The highest BCUT2D eigenvalue weighted by atomic mass is 19.3. The van der Waals surface area contributed by atoms with Gasteiger partial charge in [-0.25, -0.2) is 8.78 Å². The van der Waals surface area contributed by atoms with Crippen LogP contribution in [0.1, 0.15) is 49.0 Å². The van der Waals surface area contributed by atoms with Gasteiger partial charge in [0.2, 0.25) is 11.8 Å². The molecular formula is C26H29F2N5O4. The third kappa shape index (κ3) is 4.49. The zero-order chi connectivity index (χ0) is 26.3. The molecule has 4 aliphatic rings. The van der Waals surface area contributed by atoms with E-state index in [1.165, 1.54) is 12.0 Å². The average Bonchev–Trinajstić information content (AvgIpc) is 3.33. The minimum atomic E-state index is -3.11. The molecule has 5 atom stereocenters. The van der Waals surface area contributed by atoms with Crippen molar-refractivity contribution >= 4 is 28.6 Å². The molecule has 3 saturated heterocycles. The molecule has 0 radical (unpaired) electrons. The molecule has 0 unspecified atom stereocenters. The average molecular weight is 514 g/mol.